The molecule has 0 aliphatic carbocycles. The maximum Gasteiger partial charge on any atom is 0.164 e. The third-order valence-electron chi connectivity index (χ3n) is 9.51. The lowest BCUT2D eigenvalue weighted by Crippen LogP contribution is -2.01. The number of hydrogen-bond acceptors (Lipinski definition) is 4. The summed E-state index contributed by atoms with van der Waals surface area (Å²) in [6.45, 7) is 0. The lowest BCUT2D eigenvalue weighted by atomic mass is 9.88. The van der Waals surface area contributed by atoms with Crippen LogP contribution in [0.3, 0.4) is 0 Å². The lowest BCUT2D eigenvalue weighted by molar-refractivity contribution is 1.08. The van der Waals surface area contributed by atoms with E-state index in [0.717, 1.165) is 22.3 Å². The van der Waals surface area contributed by atoms with E-state index in [0.29, 0.717) is 17.5 Å². The van der Waals surface area contributed by atoms with Crippen molar-refractivity contribution in [2.45, 2.75) is 0 Å². The summed E-state index contributed by atoms with van der Waals surface area (Å²) in [5.41, 5.74) is 5.17. The van der Waals surface area contributed by atoms with Gasteiger partial charge in [-0.3, -0.25) is 0 Å². The largest absolute Gasteiger partial charge is 0.208 e. The van der Waals surface area contributed by atoms with Crippen LogP contribution in [-0.2, 0) is 0 Å². The van der Waals surface area contributed by atoms with E-state index >= 15 is 0 Å². The van der Waals surface area contributed by atoms with Gasteiger partial charge in [-0.25, -0.2) is 15.0 Å². The molecular weight excluding hydrogens is 615 g/mol. The molecule has 0 aliphatic heterocycles. The Morgan fingerprint density at radius 2 is 0.939 bits per heavy atom. The molecule has 0 aliphatic rings. The average molecular weight is 642 g/mol. The van der Waals surface area contributed by atoms with Crippen molar-refractivity contribution in [1.29, 1.82) is 0 Å². The Balaban J connectivity index is 1.24. The fraction of sp³-hybridized carbons (Fsp3) is 0. The van der Waals surface area contributed by atoms with Gasteiger partial charge >= 0.3 is 0 Å². The van der Waals surface area contributed by atoms with Crippen molar-refractivity contribution in [2.24, 2.45) is 0 Å². The van der Waals surface area contributed by atoms with Gasteiger partial charge < -0.3 is 0 Å². The first-order chi connectivity index (χ1) is 24.3. The minimum Gasteiger partial charge on any atom is -0.208 e. The van der Waals surface area contributed by atoms with Gasteiger partial charge in [0.1, 0.15) is 0 Å². The predicted molar refractivity (Wildman–Crippen MR) is 207 cm³/mol. The molecule has 0 unspecified atom stereocenters. The minimum atomic E-state index is 0.651. The fourth-order valence-corrected chi connectivity index (χ4v) is 8.36. The molecule has 10 rings (SSSR count). The van der Waals surface area contributed by atoms with Crippen LogP contribution < -0.4 is 0 Å². The molecule has 0 radical (unpaired) electrons. The molecule has 10 aromatic rings. The summed E-state index contributed by atoms with van der Waals surface area (Å²) in [5.74, 6) is 1.96. The maximum absolute atomic E-state index is 5.24. The molecule has 49 heavy (non-hydrogen) atoms. The van der Waals surface area contributed by atoms with E-state index in [1.54, 1.807) is 11.3 Å². The number of fused-ring (bicyclic) bond motifs is 7. The molecule has 0 N–H and O–H groups in total. The van der Waals surface area contributed by atoms with Crippen LogP contribution in [0.25, 0.3) is 97.8 Å². The second-order valence-corrected chi connectivity index (χ2v) is 13.5. The van der Waals surface area contributed by atoms with E-state index in [2.05, 4.69) is 146 Å². The van der Waals surface area contributed by atoms with Crippen molar-refractivity contribution < 1.29 is 0 Å². The van der Waals surface area contributed by atoms with Crippen molar-refractivity contribution in [3.63, 3.8) is 0 Å². The highest BCUT2D eigenvalue weighted by atomic mass is 32.1. The summed E-state index contributed by atoms with van der Waals surface area (Å²) in [4.78, 5) is 15.5. The standard InChI is InChI=1S/C45H27N3S/c1-2-13-29(14-3-1)43-46-44(31-23-24-35-34-18-10-11-21-40(34)49-41(35)27-31)48-45(47-43)38-20-9-8-19-36(38)42-33-17-7-5-15-30(33)26-39-32-16-6-4-12-28(32)22-25-37(39)42/h1-27H. The zero-order chi connectivity index (χ0) is 32.3. The van der Waals surface area contributed by atoms with Crippen LogP contribution in [-0.4, -0.2) is 15.0 Å². The van der Waals surface area contributed by atoms with Gasteiger partial charge in [-0.15, -0.1) is 11.3 Å². The number of aromatic nitrogens is 3. The van der Waals surface area contributed by atoms with Crippen LogP contribution in [0.2, 0.25) is 0 Å². The quantitative estimate of drug-likeness (QED) is 0.142. The van der Waals surface area contributed by atoms with Gasteiger partial charge in [0.2, 0.25) is 0 Å². The summed E-state index contributed by atoms with van der Waals surface area (Å²) in [6.07, 6.45) is 0. The highest BCUT2D eigenvalue weighted by Crippen LogP contribution is 2.43. The normalized spacial score (nSPS) is 11.7. The van der Waals surface area contributed by atoms with Crippen LogP contribution in [0.1, 0.15) is 0 Å². The summed E-state index contributed by atoms with van der Waals surface area (Å²) in [6, 6.07) is 58.1. The number of benzene rings is 8. The topological polar surface area (TPSA) is 38.7 Å². The van der Waals surface area contributed by atoms with Crippen molar-refractivity contribution in [2.75, 3.05) is 0 Å². The Kier molecular flexibility index (Phi) is 6.36. The van der Waals surface area contributed by atoms with Crippen molar-refractivity contribution in [3.05, 3.63) is 164 Å². The molecule has 8 aromatic carbocycles. The first-order valence-corrected chi connectivity index (χ1v) is 17.3. The molecule has 0 saturated carbocycles. The SMILES string of the molecule is c1ccc(-c2nc(-c3ccc4c(c3)sc3ccccc34)nc(-c3ccccc3-c3c4ccccc4cc4c3ccc3ccccc34)n2)cc1. The highest BCUT2D eigenvalue weighted by molar-refractivity contribution is 7.25. The lowest BCUT2D eigenvalue weighted by Gasteiger charge is -2.17. The molecular formula is C45H27N3S. The van der Waals surface area contributed by atoms with E-state index in [-0.39, 0.29) is 0 Å². The van der Waals surface area contributed by atoms with Gasteiger partial charge in [-0.05, 0) is 61.6 Å². The fourth-order valence-electron chi connectivity index (χ4n) is 7.21. The van der Waals surface area contributed by atoms with E-state index in [9.17, 15) is 0 Å². The molecule has 0 saturated heterocycles. The van der Waals surface area contributed by atoms with Crippen molar-refractivity contribution in [1.82, 2.24) is 15.0 Å². The third kappa shape index (κ3) is 4.61. The molecule has 0 fully saturated rings. The van der Waals surface area contributed by atoms with Gasteiger partial charge in [0, 0.05) is 36.9 Å². The summed E-state index contributed by atoms with van der Waals surface area (Å²) in [7, 11) is 0. The first kappa shape index (κ1) is 27.8. The van der Waals surface area contributed by atoms with Crippen LogP contribution >= 0.6 is 11.3 Å². The van der Waals surface area contributed by atoms with E-state index in [1.165, 1.54) is 58.1 Å². The number of thiophene rings is 1. The molecule has 0 amide bonds. The Morgan fingerprint density at radius 1 is 0.327 bits per heavy atom. The maximum atomic E-state index is 5.24. The molecule has 2 heterocycles. The first-order valence-electron chi connectivity index (χ1n) is 16.4. The highest BCUT2D eigenvalue weighted by Gasteiger charge is 2.19. The monoisotopic (exact) mass is 641 g/mol. The van der Waals surface area contributed by atoms with Crippen molar-refractivity contribution >= 4 is 63.8 Å². The van der Waals surface area contributed by atoms with Crippen LogP contribution in [0.4, 0.5) is 0 Å². The second kappa shape index (κ2) is 11.2. The number of nitrogens with zero attached hydrogens (tertiary/aromatic N) is 3. The van der Waals surface area contributed by atoms with E-state index < -0.39 is 0 Å². The van der Waals surface area contributed by atoms with Crippen LogP contribution in [0.5, 0.6) is 0 Å². The summed E-state index contributed by atoms with van der Waals surface area (Å²) in [5, 5.41) is 9.85. The minimum absolute atomic E-state index is 0.651. The van der Waals surface area contributed by atoms with Gasteiger partial charge in [0.25, 0.3) is 0 Å². The smallest absolute Gasteiger partial charge is 0.164 e. The summed E-state index contributed by atoms with van der Waals surface area (Å²) < 4.78 is 2.50. The van der Waals surface area contributed by atoms with Gasteiger partial charge in [-0.1, -0.05) is 146 Å². The van der Waals surface area contributed by atoms with Crippen LogP contribution in [0, 0.1) is 0 Å². The molecule has 0 atom stereocenters. The van der Waals surface area contributed by atoms with E-state index in [1.807, 2.05) is 18.2 Å². The molecule has 0 bridgehead atoms. The van der Waals surface area contributed by atoms with Gasteiger partial charge in [0.15, 0.2) is 17.5 Å². The average Bonchev–Trinajstić information content (AvgIpc) is 3.55. The van der Waals surface area contributed by atoms with Crippen molar-refractivity contribution in [3.8, 4) is 45.3 Å². The zero-order valence-electron chi connectivity index (χ0n) is 26.3. The molecule has 0 spiro atoms. The third-order valence-corrected chi connectivity index (χ3v) is 10.6. The van der Waals surface area contributed by atoms with Gasteiger partial charge in [0.05, 0.1) is 0 Å². The van der Waals surface area contributed by atoms with Crippen LogP contribution in [0.15, 0.2) is 164 Å². The Hall–Kier alpha value is -6.23. The van der Waals surface area contributed by atoms with Gasteiger partial charge in [-0.2, -0.15) is 0 Å². The molecule has 228 valence electrons. The predicted octanol–water partition coefficient (Wildman–Crippen LogP) is 12.4. The zero-order valence-corrected chi connectivity index (χ0v) is 27.2. The molecule has 4 heteroatoms. The van der Waals surface area contributed by atoms with E-state index in [4.69, 9.17) is 15.0 Å². The Morgan fingerprint density at radius 3 is 1.80 bits per heavy atom. The Bertz CT molecular complexity index is 2890. The summed E-state index contributed by atoms with van der Waals surface area (Å²) >= 11 is 1.80. The number of hydrogen-bond donors (Lipinski definition) is 0. The second-order valence-electron chi connectivity index (χ2n) is 12.4. The molecule has 3 nitrogen and oxygen atoms in total. The number of rotatable bonds is 4. The molecule has 2 aromatic heterocycles. The Labute approximate surface area is 286 Å².